The van der Waals surface area contributed by atoms with Crippen LogP contribution in [0.25, 0.3) is 6.08 Å². The van der Waals surface area contributed by atoms with Crippen molar-refractivity contribution >= 4 is 22.0 Å². The van der Waals surface area contributed by atoms with Crippen LogP contribution < -0.4 is 4.72 Å². The molecule has 0 unspecified atom stereocenters. The SMILES string of the molecule is CS(=O)(=O)N[C@@H]1CCCN(C(=O)/C=C\c2cccc(F)c2)C1. The van der Waals surface area contributed by atoms with Gasteiger partial charge in [-0.15, -0.1) is 0 Å². The summed E-state index contributed by atoms with van der Waals surface area (Å²) < 4.78 is 38.1. The third kappa shape index (κ3) is 5.23. The Labute approximate surface area is 129 Å². The second-order valence-electron chi connectivity index (χ2n) is 5.40. The maximum atomic E-state index is 13.1. The molecule has 1 aromatic rings. The highest BCUT2D eigenvalue weighted by molar-refractivity contribution is 7.88. The fourth-order valence-corrected chi connectivity index (χ4v) is 3.26. The van der Waals surface area contributed by atoms with E-state index in [-0.39, 0.29) is 17.8 Å². The summed E-state index contributed by atoms with van der Waals surface area (Å²) in [5.74, 6) is -0.561. The van der Waals surface area contributed by atoms with E-state index in [4.69, 9.17) is 0 Å². The van der Waals surface area contributed by atoms with Crippen LogP contribution in [0.15, 0.2) is 30.3 Å². The molecule has 1 atom stereocenters. The predicted molar refractivity (Wildman–Crippen MR) is 83.0 cm³/mol. The third-order valence-electron chi connectivity index (χ3n) is 3.38. The summed E-state index contributed by atoms with van der Waals surface area (Å²) in [6, 6.07) is 5.71. The molecule has 0 aromatic heterocycles. The summed E-state index contributed by atoms with van der Waals surface area (Å²) in [6.45, 7) is 0.938. The number of carbonyl (C=O) groups is 1. The molecular formula is C15H19FN2O3S. The van der Waals surface area contributed by atoms with Crippen molar-refractivity contribution in [3.63, 3.8) is 0 Å². The summed E-state index contributed by atoms with van der Waals surface area (Å²) in [7, 11) is -3.28. The molecule has 0 saturated carbocycles. The zero-order chi connectivity index (χ0) is 16.2. The number of hydrogen-bond donors (Lipinski definition) is 1. The van der Waals surface area contributed by atoms with Gasteiger partial charge < -0.3 is 4.90 Å². The van der Waals surface area contributed by atoms with Crippen LogP contribution >= 0.6 is 0 Å². The van der Waals surface area contributed by atoms with E-state index in [1.54, 1.807) is 23.1 Å². The first-order valence-electron chi connectivity index (χ1n) is 7.03. The molecule has 7 heteroatoms. The number of amides is 1. The zero-order valence-electron chi connectivity index (χ0n) is 12.3. The van der Waals surface area contributed by atoms with Gasteiger partial charge in [0.25, 0.3) is 0 Å². The number of nitrogens with zero attached hydrogens (tertiary/aromatic N) is 1. The molecule has 1 heterocycles. The van der Waals surface area contributed by atoms with Gasteiger partial charge in [0, 0.05) is 25.2 Å². The lowest BCUT2D eigenvalue weighted by Gasteiger charge is -2.32. The van der Waals surface area contributed by atoms with Gasteiger partial charge in [-0.05, 0) is 36.6 Å². The van der Waals surface area contributed by atoms with Crippen molar-refractivity contribution in [1.82, 2.24) is 9.62 Å². The number of likely N-dealkylation sites (tertiary alicyclic amines) is 1. The number of rotatable bonds is 4. The summed E-state index contributed by atoms with van der Waals surface area (Å²) in [4.78, 5) is 13.7. The molecule has 0 radical (unpaired) electrons. The molecule has 22 heavy (non-hydrogen) atoms. The second-order valence-corrected chi connectivity index (χ2v) is 7.18. The molecule has 1 N–H and O–H groups in total. The average molecular weight is 326 g/mol. The summed E-state index contributed by atoms with van der Waals surface area (Å²) in [5.41, 5.74) is 0.608. The molecule has 1 amide bonds. The summed E-state index contributed by atoms with van der Waals surface area (Å²) in [6.07, 6.45) is 5.51. The number of carbonyl (C=O) groups excluding carboxylic acids is 1. The fraction of sp³-hybridized carbons (Fsp3) is 0.400. The van der Waals surface area contributed by atoms with E-state index < -0.39 is 10.0 Å². The van der Waals surface area contributed by atoms with Crippen LogP contribution in [0.1, 0.15) is 18.4 Å². The lowest BCUT2D eigenvalue weighted by molar-refractivity contribution is -0.127. The van der Waals surface area contributed by atoms with E-state index in [0.29, 0.717) is 25.1 Å². The van der Waals surface area contributed by atoms with Crippen molar-refractivity contribution < 1.29 is 17.6 Å². The van der Waals surface area contributed by atoms with Crippen LogP contribution in [0.4, 0.5) is 4.39 Å². The molecule has 1 saturated heterocycles. The first-order chi connectivity index (χ1) is 10.3. The maximum absolute atomic E-state index is 13.1. The molecule has 120 valence electrons. The Kier molecular flexibility index (Phi) is 5.31. The molecule has 1 fully saturated rings. The molecule has 1 aromatic carbocycles. The molecule has 0 spiro atoms. The Morgan fingerprint density at radius 2 is 2.23 bits per heavy atom. The number of sulfonamides is 1. The minimum absolute atomic E-state index is 0.204. The molecule has 1 aliphatic rings. The van der Waals surface area contributed by atoms with Crippen molar-refractivity contribution in [2.24, 2.45) is 0 Å². The number of piperidine rings is 1. The first-order valence-corrected chi connectivity index (χ1v) is 8.92. The smallest absolute Gasteiger partial charge is 0.246 e. The lowest BCUT2D eigenvalue weighted by Crippen LogP contribution is -2.48. The van der Waals surface area contributed by atoms with Gasteiger partial charge in [0.2, 0.25) is 15.9 Å². The van der Waals surface area contributed by atoms with Gasteiger partial charge in [-0.1, -0.05) is 12.1 Å². The fourth-order valence-electron chi connectivity index (χ4n) is 2.46. The van der Waals surface area contributed by atoms with E-state index in [9.17, 15) is 17.6 Å². The van der Waals surface area contributed by atoms with E-state index >= 15 is 0 Å². The standard InChI is InChI=1S/C15H19FN2O3S/c1-22(20,21)17-14-6-3-9-18(11-14)15(19)8-7-12-4-2-5-13(16)10-12/h2,4-5,7-8,10,14,17H,3,6,9,11H2,1H3/b8-7-/t14-/m1/s1. The average Bonchev–Trinajstić information content (AvgIpc) is 2.43. The van der Waals surface area contributed by atoms with Gasteiger partial charge in [-0.2, -0.15) is 0 Å². The Balaban J connectivity index is 1.97. The molecule has 2 rings (SSSR count). The van der Waals surface area contributed by atoms with E-state index in [1.807, 2.05) is 0 Å². The van der Waals surface area contributed by atoms with Crippen LogP contribution in [0.2, 0.25) is 0 Å². The van der Waals surface area contributed by atoms with Crippen molar-refractivity contribution in [3.05, 3.63) is 41.7 Å². The monoisotopic (exact) mass is 326 g/mol. The highest BCUT2D eigenvalue weighted by atomic mass is 32.2. The van der Waals surface area contributed by atoms with Gasteiger partial charge in [-0.25, -0.2) is 17.5 Å². The van der Waals surface area contributed by atoms with Crippen molar-refractivity contribution in [1.29, 1.82) is 0 Å². The van der Waals surface area contributed by atoms with Gasteiger partial charge in [-0.3, -0.25) is 4.79 Å². The third-order valence-corrected chi connectivity index (χ3v) is 4.14. The van der Waals surface area contributed by atoms with Gasteiger partial charge >= 0.3 is 0 Å². The van der Waals surface area contributed by atoms with E-state index in [0.717, 1.165) is 12.7 Å². The van der Waals surface area contributed by atoms with Crippen LogP contribution in [0.3, 0.4) is 0 Å². The number of benzene rings is 1. The van der Waals surface area contributed by atoms with Crippen molar-refractivity contribution in [3.8, 4) is 0 Å². The second kappa shape index (κ2) is 7.02. The molecule has 0 bridgehead atoms. The summed E-state index contributed by atoms with van der Waals surface area (Å²) in [5, 5.41) is 0. The van der Waals surface area contributed by atoms with Gasteiger partial charge in [0.15, 0.2) is 0 Å². The van der Waals surface area contributed by atoms with Gasteiger partial charge in [0.05, 0.1) is 6.26 Å². The number of nitrogens with one attached hydrogen (secondary N) is 1. The van der Waals surface area contributed by atoms with Crippen LogP contribution in [-0.2, 0) is 14.8 Å². The number of halogens is 1. The zero-order valence-corrected chi connectivity index (χ0v) is 13.1. The molecule has 5 nitrogen and oxygen atoms in total. The van der Waals surface area contributed by atoms with Crippen molar-refractivity contribution in [2.45, 2.75) is 18.9 Å². The predicted octanol–water partition coefficient (Wildman–Crippen LogP) is 1.38. The quantitative estimate of drug-likeness (QED) is 0.850. The highest BCUT2D eigenvalue weighted by Gasteiger charge is 2.24. The largest absolute Gasteiger partial charge is 0.338 e. The Morgan fingerprint density at radius 3 is 2.91 bits per heavy atom. The lowest BCUT2D eigenvalue weighted by atomic mass is 10.1. The van der Waals surface area contributed by atoms with Crippen LogP contribution in [-0.4, -0.2) is 44.6 Å². The molecular weight excluding hydrogens is 307 g/mol. The minimum atomic E-state index is -3.28. The van der Waals surface area contributed by atoms with Gasteiger partial charge in [0.1, 0.15) is 5.82 Å². The minimum Gasteiger partial charge on any atom is -0.338 e. The van der Waals surface area contributed by atoms with Crippen LogP contribution in [0, 0.1) is 5.82 Å². The Bertz CT molecular complexity index is 673. The molecule has 0 aliphatic carbocycles. The Morgan fingerprint density at radius 1 is 1.45 bits per heavy atom. The Hall–Kier alpha value is -1.73. The molecule has 1 aliphatic heterocycles. The summed E-state index contributed by atoms with van der Waals surface area (Å²) >= 11 is 0. The van der Waals surface area contributed by atoms with Crippen molar-refractivity contribution in [2.75, 3.05) is 19.3 Å². The van der Waals surface area contributed by atoms with Crippen LogP contribution in [0.5, 0.6) is 0 Å². The number of hydrogen-bond acceptors (Lipinski definition) is 3. The maximum Gasteiger partial charge on any atom is 0.246 e. The highest BCUT2D eigenvalue weighted by Crippen LogP contribution is 2.12. The van der Waals surface area contributed by atoms with E-state index in [1.165, 1.54) is 18.2 Å². The topological polar surface area (TPSA) is 66.5 Å². The van der Waals surface area contributed by atoms with E-state index in [2.05, 4.69) is 4.72 Å². The normalized spacial score (nSPS) is 19.5. The first kappa shape index (κ1) is 16.6.